The maximum atomic E-state index is 11.7. The van der Waals surface area contributed by atoms with Crippen LogP contribution in [0.5, 0.6) is 0 Å². The molecule has 0 radical (unpaired) electrons. The topological polar surface area (TPSA) is 34.1 Å². The third kappa shape index (κ3) is 2.95. The van der Waals surface area contributed by atoms with Crippen molar-refractivity contribution in [3.63, 3.8) is 0 Å². The van der Waals surface area contributed by atoms with E-state index in [1.807, 2.05) is 12.1 Å². The van der Waals surface area contributed by atoms with Crippen LogP contribution in [0.25, 0.3) is 11.1 Å². The molecular formula is C23H26O2. The third-order valence-corrected chi connectivity index (χ3v) is 5.20. The van der Waals surface area contributed by atoms with Crippen LogP contribution in [0.2, 0.25) is 0 Å². The van der Waals surface area contributed by atoms with Crippen LogP contribution in [-0.4, -0.2) is 12.6 Å². The lowest BCUT2D eigenvalue weighted by Crippen LogP contribution is -2.13. The highest BCUT2D eigenvalue weighted by atomic mass is 16.1. The van der Waals surface area contributed by atoms with Crippen LogP contribution < -0.4 is 0 Å². The Labute approximate surface area is 150 Å². The molecule has 3 rings (SSSR count). The highest BCUT2D eigenvalue weighted by Crippen LogP contribution is 2.43. The Kier molecular flexibility index (Phi) is 3.98. The van der Waals surface area contributed by atoms with E-state index in [2.05, 4.69) is 53.7 Å². The molecule has 0 heterocycles. The molecule has 0 atom stereocenters. The predicted molar refractivity (Wildman–Crippen MR) is 103 cm³/mol. The molecule has 0 aromatic heterocycles. The molecule has 130 valence electrons. The van der Waals surface area contributed by atoms with Gasteiger partial charge in [0.1, 0.15) is 12.6 Å². The first-order valence-electron chi connectivity index (χ1n) is 8.82. The van der Waals surface area contributed by atoms with Crippen molar-refractivity contribution in [3.05, 3.63) is 57.6 Å². The fourth-order valence-electron chi connectivity index (χ4n) is 3.52. The smallest absolute Gasteiger partial charge is 0.150 e. The molecule has 0 amide bonds. The quantitative estimate of drug-likeness (QED) is 0.582. The second-order valence-electron chi connectivity index (χ2n) is 9.10. The van der Waals surface area contributed by atoms with E-state index in [9.17, 15) is 9.59 Å². The van der Waals surface area contributed by atoms with Gasteiger partial charge in [-0.25, -0.2) is 0 Å². The molecule has 0 spiro atoms. The lowest BCUT2D eigenvalue weighted by Gasteiger charge is -2.22. The molecule has 2 aromatic rings. The average Bonchev–Trinajstić information content (AvgIpc) is 2.90. The molecule has 0 unspecified atom stereocenters. The monoisotopic (exact) mass is 334 g/mol. The van der Waals surface area contributed by atoms with Gasteiger partial charge < -0.3 is 0 Å². The van der Waals surface area contributed by atoms with Gasteiger partial charge in [-0.2, -0.15) is 0 Å². The largest absolute Gasteiger partial charge is 0.298 e. The van der Waals surface area contributed by atoms with E-state index in [4.69, 9.17) is 0 Å². The zero-order valence-corrected chi connectivity index (χ0v) is 16.0. The molecule has 0 bridgehead atoms. The van der Waals surface area contributed by atoms with E-state index in [1.165, 1.54) is 0 Å². The minimum atomic E-state index is -0.0370. The number of hydrogen-bond donors (Lipinski definition) is 0. The lowest BCUT2D eigenvalue weighted by molar-refractivity contribution is 0.111. The summed E-state index contributed by atoms with van der Waals surface area (Å²) in [6, 6.07) is 8.41. The molecule has 0 saturated heterocycles. The molecular weight excluding hydrogens is 308 g/mol. The van der Waals surface area contributed by atoms with Gasteiger partial charge in [-0.3, -0.25) is 9.59 Å². The number of carbonyl (C=O) groups is 2. The van der Waals surface area contributed by atoms with Crippen LogP contribution in [0.15, 0.2) is 24.3 Å². The Morgan fingerprint density at radius 3 is 1.32 bits per heavy atom. The van der Waals surface area contributed by atoms with Gasteiger partial charge in [-0.15, -0.1) is 0 Å². The first-order chi connectivity index (χ1) is 11.6. The van der Waals surface area contributed by atoms with E-state index in [0.717, 1.165) is 57.1 Å². The van der Waals surface area contributed by atoms with Crippen molar-refractivity contribution < 1.29 is 9.59 Å². The first kappa shape index (κ1) is 17.6. The van der Waals surface area contributed by atoms with Gasteiger partial charge in [-0.05, 0) is 56.3 Å². The normalized spacial score (nSPS) is 13.4. The third-order valence-electron chi connectivity index (χ3n) is 5.20. The summed E-state index contributed by atoms with van der Waals surface area (Å²) < 4.78 is 0. The van der Waals surface area contributed by atoms with Crippen molar-refractivity contribution in [3.8, 4) is 11.1 Å². The second-order valence-corrected chi connectivity index (χ2v) is 9.10. The Balaban J connectivity index is 2.33. The van der Waals surface area contributed by atoms with E-state index in [1.54, 1.807) is 0 Å². The summed E-state index contributed by atoms with van der Waals surface area (Å²) in [7, 11) is 0. The second kappa shape index (κ2) is 5.66. The first-order valence-corrected chi connectivity index (χ1v) is 8.82. The maximum Gasteiger partial charge on any atom is 0.150 e. The van der Waals surface area contributed by atoms with Crippen LogP contribution in [-0.2, 0) is 17.3 Å². The fraction of sp³-hybridized carbons (Fsp3) is 0.391. The van der Waals surface area contributed by atoms with Crippen LogP contribution in [0.4, 0.5) is 0 Å². The van der Waals surface area contributed by atoms with E-state index in [0.29, 0.717) is 6.42 Å². The molecule has 0 fully saturated rings. The molecule has 25 heavy (non-hydrogen) atoms. The molecule has 1 aliphatic rings. The summed E-state index contributed by atoms with van der Waals surface area (Å²) in [5.74, 6) is 0. The number of rotatable bonds is 2. The highest BCUT2D eigenvalue weighted by Gasteiger charge is 2.28. The summed E-state index contributed by atoms with van der Waals surface area (Å²) in [4.78, 5) is 23.4. The van der Waals surface area contributed by atoms with Crippen molar-refractivity contribution in [2.75, 3.05) is 0 Å². The van der Waals surface area contributed by atoms with Crippen molar-refractivity contribution in [1.82, 2.24) is 0 Å². The van der Waals surface area contributed by atoms with Gasteiger partial charge in [0.15, 0.2) is 0 Å². The Morgan fingerprint density at radius 1 is 0.680 bits per heavy atom. The number of hydrogen-bond acceptors (Lipinski definition) is 2. The zero-order chi connectivity index (χ0) is 18.6. The minimum Gasteiger partial charge on any atom is -0.298 e. The van der Waals surface area contributed by atoms with E-state index in [-0.39, 0.29) is 10.8 Å². The highest BCUT2D eigenvalue weighted by molar-refractivity contribution is 5.92. The van der Waals surface area contributed by atoms with Gasteiger partial charge in [0.25, 0.3) is 0 Å². The Morgan fingerprint density at radius 2 is 1.04 bits per heavy atom. The van der Waals surface area contributed by atoms with Crippen LogP contribution in [0.1, 0.15) is 84.5 Å². The summed E-state index contributed by atoms with van der Waals surface area (Å²) in [6.45, 7) is 12.9. The summed E-state index contributed by atoms with van der Waals surface area (Å²) in [6.07, 6.45) is 2.55. The maximum absolute atomic E-state index is 11.7. The van der Waals surface area contributed by atoms with Gasteiger partial charge in [0.05, 0.1) is 0 Å². The SMILES string of the molecule is CC(C)(C)c1cc(C=O)c2c(c1)-c1cc(C(C)(C)C)cc(C=O)c1C2. The van der Waals surface area contributed by atoms with Gasteiger partial charge in [0, 0.05) is 17.5 Å². The van der Waals surface area contributed by atoms with Crippen molar-refractivity contribution in [1.29, 1.82) is 0 Å². The fourth-order valence-corrected chi connectivity index (χ4v) is 3.52. The Bertz CT molecular complexity index is 801. The van der Waals surface area contributed by atoms with Crippen LogP contribution >= 0.6 is 0 Å². The van der Waals surface area contributed by atoms with Crippen molar-refractivity contribution in [2.45, 2.75) is 58.8 Å². The summed E-state index contributed by atoms with van der Waals surface area (Å²) >= 11 is 0. The number of carbonyl (C=O) groups excluding carboxylic acids is 2. The standard InChI is InChI=1S/C23H26O2/c1-22(2,3)16-7-14(12-24)18-11-19-15(13-25)8-17(23(4,5)6)10-21(19)20(18)9-16/h7-10,12-13H,11H2,1-6H3. The molecule has 1 aliphatic carbocycles. The summed E-state index contributed by atoms with van der Waals surface area (Å²) in [5.41, 5.74) is 8.03. The number of aldehydes is 2. The molecule has 0 N–H and O–H groups in total. The minimum absolute atomic E-state index is 0.0370. The van der Waals surface area contributed by atoms with Gasteiger partial charge >= 0.3 is 0 Å². The average molecular weight is 334 g/mol. The van der Waals surface area contributed by atoms with Crippen LogP contribution in [0, 0.1) is 0 Å². The molecule has 2 nitrogen and oxygen atoms in total. The predicted octanol–water partition coefficient (Wildman–Crippen LogP) is 5.48. The molecule has 0 aliphatic heterocycles. The van der Waals surface area contributed by atoms with Gasteiger partial charge in [-0.1, -0.05) is 53.7 Å². The number of fused-ring (bicyclic) bond motifs is 3. The van der Waals surface area contributed by atoms with E-state index >= 15 is 0 Å². The number of benzene rings is 2. The van der Waals surface area contributed by atoms with Crippen molar-refractivity contribution >= 4 is 12.6 Å². The molecule has 2 heteroatoms. The summed E-state index contributed by atoms with van der Waals surface area (Å²) in [5, 5.41) is 0. The van der Waals surface area contributed by atoms with E-state index < -0.39 is 0 Å². The zero-order valence-electron chi connectivity index (χ0n) is 16.0. The molecule has 2 aromatic carbocycles. The van der Waals surface area contributed by atoms with Crippen LogP contribution in [0.3, 0.4) is 0 Å². The van der Waals surface area contributed by atoms with Crippen molar-refractivity contribution in [2.24, 2.45) is 0 Å². The molecule has 0 saturated carbocycles. The lowest BCUT2D eigenvalue weighted by atomic mass is 9.82. The van der Waals surface area contributed by atoms with Gasteiger partial charge in [0.2, 0.25) is 0 Å². The Hall–Kier alpha value is -2.22.